The summed E-state index contributed by atoms with van der Waals surface area (Å²) in [6, 6.07) is 8.67. The number of nitrogens with zero attached hydrogens (tertiary/aromatic N) is 8. The predicted molar refractivity (Wildman–Crippen MR) is 134 cm³/mol. The number of anilines is 2. The van der Waals surface area contributed by atoms with E-state index in [1.54, 1.807) is 42.1 Å². The molecule has 0 saturated heterocycles. The number of hydrogen-bond donors (Lipinski definition) is 2. The Bertz CT molecular complexity index is 1690. The van der Waals surface area contributed by atoms with Crippen LogP contribution in [-0.4, -0.2) is 58.7 Å². The molecule has 0 atom stereocenters. The second-order valence-corrected chi connectivity index (χ2v) is 8.45. The van der Waals surface area contributed by atoms with Gasteiger partial charge in [-0.3, -0.25) is 9.25 Å². The Balaban J connectivity index is 1.63. The fourth-order valence-corrected chi connectivity index (χ4v) is 4.02. The second-order valence-electron chi connectivity index (χ2n) is 8.04. The van der Waals surface area contributed by atoms with Gasteiger partial charge in [0, 0.05) is 24.7 Å². The minimum Gasteiger partial charge on any atom is -0.497 e. The molecule has 0 saturated carbocycles. The van der Waals surface area contributed by atoms with E-state index < -0.39 is 11.4 Å². The summed E-state index contributed by atoms with van der Waals surface area (Å²) >= 11 is 6.49. The van der Waals surface area contributed by atoms with Crippen molar-refractivity contribution in [3.05, 3.63) is 73.9 Å². The number of aromatic amines is 1. The van der Waals surface area contributed by atoms with E-state index in [1.807, 2.05) is 6.20 Å². The summed E-state index contributed by atoms with van der Waals surface area (Å²) in [4.78, 5) is 30.6. The Hall–Kier alpha value is -4.72. The summed E-state index contributed by atoms with van der Waals surface area (Å²) in [7, 11) is 4.86. The van der Waals surface area contributed by atoms with E-state index in [2.05, 4.69) is 36.0 Å². The van der Waals surface area contributed by atoms with Crippen LogP contribution in [0, 0.1) is 0 Å². The quantitative estimate of drug-likeness (QED) is 0.303. The zero-order valence-electron chi connectivity index (χ0n) is 20.0. The fourth-order valence-electron chi connectivity index (χ4n) is 3.82. The van der Waals surface area contributed by atoms with Crippen molar-refractivity contribution in [3.63, 3.8) is 0 Å². The Labute approximate surface area is 213 Å². The van der Waals surface area contributed by atoms with Gasteiger partial charge in [-0.2, -0.15) is 15.3 Å². The van der Waals surface area contributed by atoms with Crippen molar-refractivity contribution in [2.45, 2.75) is 13.1 Å². The molecule has 190 valence electrons. The lowest BCUT2D eigenvalue weighted by atomic mass is 10.2. The van der Waals surface area contributed by atoms with Gasteiger partial charge < -0.3 is 14.8 Å². The van der Waals surface area contributed by atoms with Crippen LogP contribution in [-0.2, 0) is 20.1 Å². The molecule has 14 nitrogen and oxygen atoms in total. The summed E-state index contributed by atoms with van der Waals surface area (Å²) in [5.41, 5.74) is 0.369. The number of fused-ring (bicyclic) bond motifs is 1. The minimum absolute atomic E-state index is 0.00807. The first kappa shape index (κ1) is 24.0. The first-order valence-corrected chi connectivity index (χ1v) is 11.3. The molecule has 3 aromatic heterocycles. The van der Waals surface area contributed by atoms with E-state index >= 15 is 0 Å². The first-order chi connectivity index (χ1) is 17.8. The largest absolute Gasteiger partial charge is 0.497 e. The van der Waals surface area contributed by atoms with Gasteiger partial charge in [-0.15, -0.1) is 10.2 Å². The number of methoxy groups -OCH3 is 2. The highest BCUT2D eigenvalue weighted by Gasteiger charge is 2.18. The summed E-state index contributed by atoms with van der Waals surface area (Å²) in [6.45, 7) is -0.188. The lowest BCUT2D eigenvalue weighted by molar-refractivity contribution is 0.393. The average molecular weight is 525 g/mol. The van der Waals surface area contributed by atoms with Crippen LogP contribution in [0.5, 0.6) is 11.5 Å². The molecular formula is C22H21ClN10O4. The summed E-state index contributed by atoms with van der Waals surface area (Å²) < 4.78 is 14.6. The number of ether oxygens (including phenoxy) is 2. The number of halogens is 1. The number of aromatic nitrogens is 9. The molecule has 2 N–H and O–H groups in total. The van der Waals surface area contributed by atoms with Crippen molar-refractivity contribution in [2.24, 2.45) is 7.05 Å². The minimum atomic E-state index is -0.796. The highest BCUT2D eigenvalue weighted by Crippen LogP contribution is 2.29. The summed E-state index contributed by atoms with van der Waals surface area (Å²) in [6.07, 6.45) is 1.82. The van der Waals surface area contributed by atoms with Gasteiger partial charge in [-0.1, -0.05) is 16.8 Å². The number of tetrazole rings is 1. The van der Waals surface area contributed by atoms with Crippen molar-refractivity contribution in [1.29, 1.82) is 0 Å². The zero-order chi connectivity index (χ0) is 26.1. The Morgan fingerprint density at radius 2 is 1.78 bits per heavy atom. The van der Waals surface area contributed by atoms with Crippen LogP contribution < -0.4 is 26.2 Å². The molecule has 2 aromatic carbocycles. The second kappa shape index (κ2) is 9.73. The van der Waals surface area contributed by atoms with Crippen LogP contribution in [0.1, 0.15) is 11.4 Å². The van der Waals surface area contributed by atoms with Crippen LogP contribution in [0.3, 0.4) is 0 Å². The molecule has 0 radical (unpaired) electrons. The van der Waals surface area contributed by atoms with Crippen LogP contribution in [0.2, 0.25) is 5.02 Å². The molecule has 0 unspecified atom stereocenters. The van der Waals surface area contributed by atoms with Gasteiger partial charge in [0.05, 0.1) is 43.5 Å². The number of benzene rings is 2. The molecule has 5 aromatic rings. The predicted octanol–water partition coefficient (Wildman–Crippen LogP) is 1.32. The van der Waals surface area contributed by atoms with Gasteiger partial charge in [-0.25, -0.2) is 14.2 Å². The van der Waals surface area contributed by atoms with E-state index in [0.29, 0.717) is 33.3 Å². The molecule has 0 fully saturated rings. The van der Waals surface area contributed by atoms with Crippen molar-refractivity contribution < 1.29 is 9.47 Å². The third-order valence-corrected chi connectivity index (χ3v) is 5.86. The Kier molecular flexibility index (Phi) is 6.31. The maximum Gasteiger partial charge on any atom is 0.355 e. The van der Waals surface area contributed by atoms with E-state index in [4.69, 9.17) is 21.1 Å². The number of rotatable bonds is 8. The average Bonchev–Trinajstić information content (AvgIpc) is 3.52. The maximum absolute atomic E-state index is 13.6. The van der Waals surface area contributed by atoms with E-state index in [-0.39, 0.29) is 24.9 Å². The summed E-state index contributed by atoms with van der Waals surface area (Å²) in [5, 5.41) is 22.0. The Morgan fingerprint density at radius 1 is 1.03 bits per heavy atom. The lowest BCUT2D eigenvalue weighted by Gasteiger charge is -2.16. The van der Waals surface area contributed by atoms with Crippen LogP contribution in [0.4, 0.5) is 11.6 Å². The number of nitrogens with one attached hydrogen (secondary N) is 2. The zero-order valence-corrected chi connectivity index (χ0v) is 20.7. The monoisotopic (exact) mass is 524 g/mol. The molecule has 5 rings (SSSR count). The van der Waals surface area contributed by atoms with Gasteiger partial charge in [0.2, 0.25) is 5.95 Å². The van der Waals surface area contributed by atoms with Crippen LogP contribution in [0.15, 0.2) is 46.1 Å². The van der Waals surface area contributed by atoms with Gasteiger partial charge in [0.1, 0.15) is 11.5 Å². The molecule has 0 amide bonds. The highest BCUT2D eigenvalue weighted by atomic mass is 35.5. The molecular weight excluding hydrogens is 504 g/mol. The highest BCUT2D eigenvalue weighted by molar-refractivity contribution is 6.34. The maximum atomic E-state index is 13.6. The standard InChI is InChI=1S/C22H21ClN10O4/c1-31-10-13-6-18(16(23)8-17(13)28-31)24-20-25-21(34)33(11-19-26-29-30-27-19)22(35)32(20)9-12-4-14(36-2)7-15(5-12)37-3/h4-8,10H,9,11H2,1-3H3,(H,24,25,34)(H,26,27,29,30). The van der Waals surface area contributed by atoms with Gasteiger partial charge in [-0.05, 0) is 29.8 Å². The Morgan fingerprint density at radius 3 is 2.46 bits per heavy atom. The lowest BCUT2D eigenvalue weighted by Crippen LogP contribution is -2.43. The number of hydrogen-bond acceptors (Lipinski definition) is 10. The SMILES string of the molecule is COc1cc(Cn2c(Nc3cc4cn(C)nc4cc3Cl)nc(=O)n(Cc3nn[nH]n3)c2=O)cc(OC)c1. The van der Waals surface area contributed by atoms with Crippen molar-refractivity contribution in [2.75, 3.05) is 19.5 Å². The van der Waals surface area contributed by atoms with Crippen molar-refractivity contribution >= 4 is 34.1 Å². The molecule has 0 spiro atoms. The molecule has 0 aliphatic rings. The first-order valence-electron chi connectivity index (χ1n) is 10.9. The molecule has 0 bridgehead atoms. The molecule has 15 heteroatoms. The van der Waals surface area contributed by atoms with Gasteiger partial charge in [0.15, 0.2) is 5.82 Å². The van der Waals surface area contributed by atoms with E-state index in [0.717, 1.165) is 9.95 Å². The van der Waals surface area contributed by atoms with Gasteiger partial charge >= 0.3 is 11.4 Å². The number of aryl methyl sites for hydroxylation is 1. The van der Waals surface area contributed by atoms with Crippen LogP contribution >= 0.6 is 11.6 Å². The fraction of sp³-hybridized carbons (Fsp3) is 0.227. The van der Waals surface area contributed by atoms with Crippen LogP contribution in [0.25, 0.3) is 10.9 Å². The van der Waals surface area contributed by atoms with Crippen molar-refractivity contribution in [1.82, 2.24) is 44.5 Å². The van der Waals surface area contributed by atoms with Crippen molar-refractivity contribution in [3.8, 4) is 11.5 Å². The number of H-pyrrole nitrogens is 1. The third kappa shape index (κ3) is 4.86. The molecule has 37 heavy (non-hydrogen) atoms. The molecule has 3 heterocycles. The normalized spacial score (nSPS) is 11.1. The summed E-state index contributed by atoms with van der Waals surface area (Å²) in [5.74, 6) is 1.22. The molecule has 0 aliphatic carbocycles. The van der Waals surface area contributed by atoms with Gasteiger partial charge in [0.25, 0.3) is 0 Å². The van der Waals surface area contributed by atoms with E-state index in [9.17, 15) is 9.59 Å². The smallest absolute Gasteiger partial charge is 0.355 e. The van der Waals surface area contributed by atoms with E-state index in [1.165, 1.54) is 18.8 Å². The molecule has 0 aliphatic heterocycles. The topological polar surface area (TPSA) is 160 Å². The third-order valence-electron chi connectivity index (χ3n) is 5.54.